The number of anilines is 2. The molecule has 3 heterocycles. The molecule has 2 atom stereocenters. The Morgan fingerprint density at radius 3 is 2.06 bits per heavy atom. The van der Waals surface area contributed by atoms with E-state index in [1.165, 1.54) is 59.1 Å². The maximum atomic E-state index is 14.3. The molecule has 5 rings (SSSR count). The van der Waals surface area contributed by atoms with Crippen LogP contribution in [0.3, 0.4) is 0 Å². The fraction of sp³-hybridized carbons (Fsp3) is 0.459. The predicted octanol–water partition coefficient (Wildman–Crippen LogP) is 6.46. The van der Waals surface area contributed by atoms with E-state index >= 15 is 0 Å². The van der Waals surface area contributed by atoms with Crippen LogP contribution >= 0.6 is 0 Å². The van der Waals surface area contributed by atoms with E-state index in [0.717, 1.165) is 4.90 Å². The number of benzene rings is 2. The van der Waals surface area contributed by atoms with Gasteiger partial charge in [-0.15, -0.1) is 0 Å². The van der Waals surface area contributed by atoms with Gasteiger partial charge in [0.25, 0.3) is 0 Å². The Morgan fingerprint density at radius 1 is 0.868 bits per heavy atom. The van der Waals surface area contributed by atoms with Gasteiger partial charge in [0.15, 0.2) is 0 Å². The number of ether oxygens (including phenoxy) is 1. The zero-order chi connectivity index (χ0) is 39.2. The Labute approximate surface area is 302 Å². The molecule has 16 heteroatoms. The highest BCUT2D eigenvalue weighted by atomic mass is 19.4. The number of halogens is 7. The van der Waals surface area contributed by atoms with Gasteiger partial charge in [0.05, 0.1) is 34.5 Å². The van der Waals surface area contributed by atoms with Crippen molar-refractivity contribution in [3.8, 4) is 11.1 Å². The van der Waals surface area contributed by atoms with E-state index in [9.17, 15) is 45.1 Å². The number of aryl methyl sites for hydroxylation is 1. The monoisotopic (exact) mass is 751 g/mol. The number of carbonyl (C=O) groups is 3. The minimum atomic E-state index is -5.10. The number of pyridine rings is 1. The first-order valence-corrected chi connectivity index (χ1v) is 16.8. The molecule has 2 saturated heterocycles. The maximum Gasteiger partial charge on any atom is 0.416 e. The molecule has 2 fully saturated rings. The molecule has 0 radical (unpaired) electrons. The van der Waals surface area contributed by atoms with Crippen molar-refractivity contribution in [1.82, 2.24) is 14.8 Å². The van der Waals surface area contributed by atoms with Crippen LogP contribution in [0, 0.1) is 12.7 Å². The number of rotatable bonds is 7. The SMILES string of the molecule is CC(=O)OCC1CN2CCN(c3cc(-c4ccc(F)cc4C)c(N(C)C(=O)C(C)(C)c4cc(C(F)(F)F)cc(C(F)(F)F)c4)cn3)CC2CN1C(C)=O. The molecule has 9 nitrogen and oxygen atoms in total. The van der Waals surface area contributed by atoms with E-state index in [1.807, 2.05) is 4.90 Å². The van der Waals surface area contributed by atoms with E-state index in [2.05, 4.69) is 9.88 Å². The molecule has 0 spiro atoms. The Balaban J connectivity index is 1.50. The molecule has 2 unspecified atom stereocenters. The Morgan fingerprint density at radius 2 is 1.49 bits per heavy atom. The molecule has 0 bridgehead atoms. The van der Waals surface area contributed by atoms with Crippen LogP contribution < -0.4 is 9.80 Å². The van der Waals surface area contributed by atoms with Crippen molar-refractivity contribution in [1.29, 1.82) is 0 Å². The molecule has 3 aromatic rings. The number of hydrogen-bond acceptors (Lipinski definition) is 7. The van der Waals surface area contributed by atoms with Crippen LogP contribution in [0.4, 0.5) is 42.2 Å². The van der Waals surface area contributed by atoms with E-state index in [4.69, 9.17) is 4.74 Å². The second kappa shape index (κ2) is 14.6. The minimum absolute atomic E-state index is 0.0119. The molecular weight excluding hydrogens is 711 g/mol. The summed E-state index contributed by atoms with van der Waals surface area (Å²) in [6, 6.07) is 6.47. The Kier molecular flexibility index (Phi) is 10.9. The van der Waals surface area contributed by atoms with Crippen molar-refractivity contribution in [3.05, 3.63) is 76.7 Å². The van der Waals surface area contributed by atoms with Crippen molar-refractivity contribution >= 4 is 29.3 Å². The molecule has 2 aliphatic heterocycles. The van der Waals surface area contributed by atoms with Gasteiger partial charge in [0, 0.05) is 65.2 Å². The van der Waals surface area contributed by atoms with Gasteiger partial charge in [0.2, 0.25) is 11.8 Å². The Hall–Kier alpha value is -4.73. The molecule has 2 aromatic carbocycles. The van der Waals surface area contributed by atoms with Crippen LogP contribution in [0.2, 0.25) is 0 Å². The fourth-order valence-electron chi connectivity index (χ4n) is 6.99. The maximum absolute atomic E-state index is 14.3. The van der Waals surface area contributed by atoms with Crippen LogP contribution in [0.15, 0.2) is 48.7 Å². The molecule has 2 amide bonds. The number of nitrogens with zero attached hydrogens (tertiary/aromatic N) is 5. The number of esters is 1. The summed E-state index contributed by atoms with van der Waals surface area (Å²) in [7, 11) is 1.35. The largest absolute Gasteiger partial charge is 0.464 e. The predicted molar refractivity (Wildman–Crippen MR) is 183 cm³/mol. The second-order valence-electron chi connectivity index (χ2n) is 14.0. The molecule has 0 aliphatic carbocycles. The molecule has 2 aliphatic rings. The number of amides is 2. The van der Waals surface area contributed by atoms with Gasteiger partial charge in [-0.3, -0.25) is 19.3 Å². The molecule has 53 heavy (non-hydrogen) atoms. The molecular formula is C37H40F7N5O4. The summed E-state index contributed by atoms with van der Waals surface area (Å²) in [5.74, 6) is -1.43. The van der Waals surface area contributed by atoms with E-state index in [1.54, 1.807) is 17.9 Å². The summed E-state index contributed by atoms with van der Waals surface area (Å²) in [4.78, 5) is 49.8. The lowest BCUT2D eigenvalue weighted by Gasteiger charge is -2.50. The molecule has 1 aromatic heterocycles. The summed E-state index contributed by atoms with van der Waals surface area (Å²) in [6.07, 6.45) is -8.81. The van der Waals surface area contributed by atoms with Crippen LogP contribution in [-0.4, -0.2) is 91.0 Å². The van der Waals surface area contributed by atoms with Gasteiger partial charge in [-0.2, -0.15) is 26.3 Å². The van der Waals surface area contributed by atoms with Crippen molar-refractivity contribution in [2.75, 3.05) is 56.2 Å². The summed E-state index contributed by atoms with van der Waals surface area (Å²) in [6.45, 7) is 9.43. The third-order valence-corrected chi connectivity index (χ3v) is 9.96. The third-order valence-electron chi connectivity index (χ3n) is 9.96. The molecule has 286 valence electrons. The van der Waals surface area contributed by atoms with Crippen LogP contribution in [-0.2, 0) is 36.9 Å². The topological polar surface area (TPSA) is 86.3 Å². The zero-order valence-corrected chi connectivity index (χ0v) is 30.0. The first-order valence-electron chi connectivity index (χ1n) is 16.8. The highest BCUT2D eigenvalue weighted by molar-refractivity contribution is 6.03. The lowest BCUT2D eigenvalue weighted by molar-refractivity contribution is -0.149. The first kappa shape index (κ1) is 39.5. The van der Waals surface area contributed by atoms with Gasteiger partial charge in [-0.05, 0) is 73.9 Å². The quantitative estimate of drug-likeness (QED) is 0.203. The lowest BCUT2D eigenvalue weighted by Crippen LogP contribution is -2.66. The van der Waals surface area contributed by atoms with Crippen LogP contribution in [0.1, 0.15) is 49.9 Å². The lowest BCUT2D eigenvalue weighted by atomic mass is 9.81. The normalized spacial score (nSPS) is 18.4. The standard InChI is InChI=1S/C37H40F7N5O4/c1-21-11-27(38)7-8-30(21)31-15-33(48-10-9-47-18-29(20-53-23(3)51)49(22(2)50)19-28(47)17-48)45-16-32(31)46(6)34(52)35(4,5)24-12-25(36(39,40)41)14-26(13-24)37(42,43)44/h7-8,11-16,28-29H,9-10,17-20H2,1-6H3. The van der Waals surface area contributed by atoms with Crippen molar-refractivity contribution in [2.24, 2.45) is 0 Å². The number of carbonyl (C=O) groups excluding carboxylic acids is 3. The minimum Gasteiger partial charge on any atom is -0.464 e. The molecule has 0 saturated carbocycles. The smallest absolute Gasteiger partial charge is 0.416 e. The van der Waals surface area contributed by atoms with Crippen LogP contribution in [0.5, 0.6) is 0 Å². The van der Waals surface area contributed by atoms with E-state index in [-0.39, 0.29) is 36.4 Å². The second-order valence-corrected chi connectivity index (χ2v) is 14.0. The fourth-order valence-corrected chi connectivity index (χ4v) is 6.99. The highest BCUT2D eigenvalue weighted by Crippen LogP contribution is 2.41. The number of hydrogen-bond donors (Lipinski definition) is 0. The molecule has 0 N–H and O–H groups in total. The number of alkyl halides is 6. The highest BCUT2D eigenvalue weighted by Gasteiger charge is 2.42. The van der Waals surface area contributed by atoms with Crippen LogP contribution in [0.25, 0.3) is 11.1 Å². The van der Waals surface area contributed by atoms with Gasteiger partial charge in [-0.1, -0.05) is 6.07 Å². The van der Waals surface area contributed by atoms with Gasteiger partial charge >= 0.3 is 18.3 Å². The van der Waals surface area contributed by atoms with Crippen molar-refractivity contribution in [2.45, 2.75) is 64.5 Å². The number of aromatic nitrogens is 1. The zero-order valence-electron chi connectivity index (χ0n) is 30.0. The van der Waals surface area contributed by atoms with Crippen molar-refractivity contribution < 1.29 is 49.9 Å². The third kappa shape index (κ3) is 8.42. The van der Waals surface area contributed by atoms with Crippen molar-refractivity contribution in [3.63, 3.8) is 0 Å². The summed E-state index contributed by atoms with van der Waals surface area (Å²) < 4.78 is 102. The average Bonchev–Trinajstić information content (AvgIpc) is 3.08. The summed E-state index contributed by atoms with van der Waals surface area (Å²) in [5, 5.41) is 0. The number of likely N-dealkylation sites (N-methyl/N-ethyl adjacent to an activating group) is 1. The van der Waals surface area contributed by atoms with Gasteiger partial charge in [-0.25, -0.2) is 9.37 Å². The summed E-state index contributed by atoms with van der Waals surface area (Å²) >= 11 is 0. The average molecular weight is 752 g/mol. The van der Waals surface area contributed by atoms with E-state index in [0.29, 0.717) is 67.4 Å². The first-order chi connectivity index (χ1) is 24.6. The van der Waals surface area contributed by atoms with E-state index < -0.39 is 52.2 Å². The number of piperazine rings is 2. The van der Waals surface area contributed by atoms with Gasteiger partial charge < -0.3 is 19.4 Å². The summed E-state index contributed by atoms with van der Waals surface area (Å²) in [5.41, 5.74) is -3.79. The Bertz CT molecular complexity index is 1870. The number of fused-ring (bicyclic) bond motifs is 1. The van der Waals surface area contributed by atoms with Gasteiger partial charge in [0.1, 0.15) is 18.2 Å².